The molecule has 9 heteroatoms. The molecule has 6 nitrogen and oxygen atoms in total. The minimum atomic E-state index is -3.99. The third-order valence-corrected chi connectivity index (χ3v) is 9.60. The van der Waals surface area contributed by atoms with Crippen molar-refractivity contribution in [2.75, 3.05) is 6.54 Å². The SMILES string of the molecule is CCc1cccc(CNC[C@@H](O)[C@H](Cc2cc(F)cc(F)c2)NC(=O)C2(C)Cc3ccccc3S2(=O)=O)c1. The largest absolute Gasteiger partial charge is 0.390 e. The van der Waals surface area contributed by atoms with Gasteiger partial charge in [0.15, 0.2) is 14.6 Å². The molecule has 0 saturated heterocycles. The fraction of sp³-hybridized carbons (Fsp3) is 0.345. The molecule has 0 aromatic heterocycles. The van der Waals surface area contributed by atoms with Gasteiger partial charge in [0.2, 0.25) is 5.91 Å². The molecule has 38 heavy (non-hydrogen) atoms. The number of hydrogen-bond acceptors (Lipinski definition) is 5. The van der Waals surface area contributed by atoms with Gasteiger partial charge in [-0.25, -0.2) is 17.2 Å². The van der Waals surface area contributed by atoms with Gasteiger partial charge in [-0.15, -0.1) is 0 Å². The third kappa shape index (κ3) is 5.80. The molecule has 202 valence electrons. The van der Waals surface area contributed by atoms with E-state index in [0.29, 0.717) is 12.1 Å². The molecule has 0 fully saturated rings. The van der Waals surface area contributed by atoms with Crippen LogP contribution in [0.4, 0.5) is 8.78 Å². The molecular formula is C29H32F2N2O4S. The average Bonchev–Trinajstić information content (AvgIpc) is 3.09. The van der Waals surface area contributed by atoms with Crippen molar-refractivity contribution in [3.63, 3.8) is 0 Å². The van der Waals surface area contributed by atoms with Gasteiger partial charge in [0.25, 0.3) is 0 Å². The lowest BCUT2D eigenvalue weighted by Crippen LogP contribution is -2.56. The Kier molecular flexibility index (Phi) is 8.30. The summed E-state index contributed by atoms with van der Waals surface area (Å²) in [5, 5.41) is 16.9. The third-order valence-electron chi connectivity index (χ3n) is 7.10. The lowest BCUT2D eigenvalue weighted by molar-refractivity contribution is -0.124. The number of sulfone groups is 1. The van der Waals surface area contributed by atoms with Crippen LogP contribution in [-0.4, -0.2) is 42.9 Å². The molecule has 3 atom stereocenters. The highest BCUT2D eigenvalue weighted by atomic mass is 32.2. The molecule has 3 N–H and O–H groups in total. The van der Waals surface area contributed by atoms with Crippen LogP contribution in [-0.2, 0) is 40.4 Å². The fourth-order valence-electron chi connectivity index (χ4n) is 4.87. The Hall–Kier alpha value is -3.14. The van der Waals surface area contributed by atoms with Crippen molar-refractivity contribution >= 4 is 15.7 Å². The molecule has 3 aromatic rings. The molecule has 0 radical (unpaired) electrons. The van der Waals surface area contributed by atoms with E-state index in [1.807, 2.05) is 18.2 Å². The second-order valence-corrected chi connectivity index (χ2v) is 12.3. The highest BCUT2D eigenvalue weighted by Crippen LogP contribution is 2.39. The Labute approximate surface area is 222 Å². The predicted molar refractivity (Wildman–Crippen MR) is 141 cm³/mol. The maximum absolute atomic E-state index is 13.9. The summed E-state index contributed by atoms with van der Waals surface area (Å²) in [5.74, 6) is -2.34. The van der Waals surface area contributed by atoms with Gasteiger partial charge >= 0.3 is 0 Å². The molecule has 1 unspecified atom stereocenters. The minimum absolute atomic E-state index is 0.0131. The van der Waals surface area contributed by atoms with Gasteiger partial charge in [-0.2, -0.15) is 0 Å². The van der Waals surface area contributed by atoms with E-state index in [1.54, 1.807) is 18.2 Å². The van der Waals surface area contributed by atoms with Crippen LogP contribution in [0.5, 0.6) is 0 Å². The van der Waals surface area contributed by atoms with Crippen LogP contribution in [0, 0.1) is 11.6 Å². The van der Waals surface area contributed by atoms with Gasteiger partial charge in [-0.3, -0.25) is 4.79 Å². The lowest BCUT2D eigenvalue weighted by atomic mass is 9.97. The number of fused-ring (bicyclic) bond motifs is 1. The predicted octanol–water partition coefficient (Wildman–Crippen LogP) is 3.49. The van der Waals surface area contributed by atoms with Crippen LogP contribution in [0.3, 0.4) is 0 Å². The minimum Gasteiger partial charge on any atom is -0.390 e. The molecular weight excluding hydrogens is 510 g/mol. The Morgan fingerprint density at radius 2 is 1.68 bits per heavy atom. The van der Waals surface area contributed by atoms with E-state index in [9.17, 15) is 27.1 Å². The van der Waals surface area contributed by atoms with Crippen molar-refractivity contribution in [3.05, 3.63) is 101 Å². The van der Waals surface area contributed by atoms with Crippen LogP contribution in [0.25, 0.3) is 0 Å². The summed E-state index contributed by atoms with van der Waals surface area (Å²) < 4.78 is 52.5. The molecule has 1 aliphatic heterocycles. The fourth-order valence-corrected chi connectivity index (χ4v) is 6.75. The van der Waals surface area contributed by atoms with Gasteiger partial charge in [0.1, 0.15) is 11.6 Å². The number of amides is 1. The van der Waals surface area contributed by atoms with E-state index < -0.39 is 44.3 Å². The number of aryl methyl sites for hydroxylation is 1. The first-order chi connectivity index (χ1) is 18.0. The molecule has 1 heterocycles. The molecule has 0 spiro atoms. The quantitative estimate of drug-likeness (QED) is 0.365. The van der Waals surface area contributed by atoms with Crippen molar-refractivity contribution in [1.29, 1.82) is 0 Å². The van der Waals surface area contributed by atoms with Crippen LogP contribution < -0.4 is 10.6 Å². The Morgan fingerprint density at radius 3 is 2.37 bits per heavy atom. The van der Waals surface area contributed by atoms with Crippen molar-refractivity contribution < 1.29 is 27.1 Å². The van der Waals surface area contributed by atoms with Crippen molar-refractivity contribution in [1.82, 2.24) is 10.6 Å². The Morgan fingerprint density at radius 1 is 1.00 bits per heavy atom. The van der Waals surface area contributed by atoms with E-state index in [1.165, 1.54) is 18.6 Å². The second-order valence-electron chi connectivity index (χ2n) is 9.95. The summed E-state index contributed by atoms with van der Waals surface area (Å²) in [5.41, 5.74) is 2.97. The number of halogens is 2. The number of carbonyl (C=O) groups is 1. The van der Waals surface area contributed by atoms with E-state index in [0.717, 1.165) is 30.2 Å². The molecule has 1 amide bonds. The zero-order chi connectivity index (χ0) is 27.5. The standard InChI is InChI=1S/C29H32F2N2O4S/c1-3-19-7-6-8-20(11-19)17-32-18-26(34)25(14-21-12-23(30)15-24(31)13-21)33-28(35)29(2)16-22-9-4-5-10-27(22)38(29,36)37/h4-13,15,25-26,32,34H,3,14,16-18H2,1-2H3,(H,33,35)/t25-,26+,29?/m0/s1. The van der Waals surface area contributed by atoms with Crippen LogP contribution >= 0.6 is 0 Å². The highest BCUT2D eigenvalue weighted by Gasteiger charge is 2.53. The number of aliphatic hydroxyl groups is 1. The summed E-state index contributed by atoms with van der Waals surface area (Å²) in [6, 6.07) is 16.4. The smallest absolute Gasteiger partial charge is 0.242 e. The molecule has 0 bridgehead atoms. The van der Waals surface area contributed by atoms with E-state index in [2.05, 4.69) is 23.6 Å². The first kappa shape index (κ1) is 27.9. The molecule has 4 rings (SSSR count). The zero-order valence-corrected chi connectivity index (χ0v) is 22.2. The summed E-state index contributed by atoms with van der Waals surface area (Å²) in [4.78, 5) is 13.6. The number of carbonyl (C=O) groups excluding carboxylic acids is 1. The number of nitrogens with one attached hydrogen (secondary N) is 2. The monoisotopic (exact) mass is 542 g/mol. The number of aliphatic hydroxyl groups excluding tert-OH is 1. The summed E-state index contributed by atoms with van der Waals surface area (Å²) in [6.07, 6.45) is -0.395. The number of hydrogen-bond donors (Lipinski definition) is 3. The summed E-state index contributed by atoms with van der Waals surface area (Å²) in [6.45, 7) is 3.94. The van der Waals surface area contributed by atoms with E-state index in [-0.39, 0.29) is 29.8 Å². The molecule has 0 aliphatic carbocycles. The first-order valence-electron chi connectivity index (χ1n) is 12.6. The van der Waals surface area contributed by atoms with Crippen molar-refractivity contribution in [2.45, 2.75) is 61.4 Å². The van der Waals surface area contributed by atoms with Gasteiger partial charge < -0.3 is 15.7 Å². The molecule has 1 aliphatic rings. The van der Waals surface area contributed by atoms with Crippen molar-refractivity contribution in [3.8, 4) is 0 Å². The average molecular weight is 543 g/mol. The van der Waals surface area contributed by atoms with Gasteiger partial charge in [-0.1, -0.05) is 49.4 Å². The van der Waals surface area contributed by atoms with E-state index >= 15 is 0 Å². The Balaban J connectivity index is 1.53. The first-order valence-corrected chi connectivity index (χ1v) is 14.1. The highest BCUT2D eigenvalue weighted by molar-refractivity contribution is 7.94. The van der Waals surface area contributed by atoms with Gasteiger partial charge in [0, 0.05) is 25.6 Å². The lowest BCUT2D eigenvalue weighted by Gasteiger charge is -2.29. The number of rotatable bonds is 10. The zero-order valence-electron chi connectivity index (χ0n) is 21.4. The van der Waals surface area contributed by atoms with E-state index in [4.69, 9.17) is 0 Å². The normalized spacial score (nSPS) is 19.5. The van der Waals surface area contributed by atoms with Crippen LogP contribution in [0.2, 0.25) is 0 Å². The topological polar surface area (TPSA) is 95.5 Å². The maximum atomic E-state index is 13.9. The van der Waals surface area contributed by atoms with Crippen molar-refractivity contribution in [2.24, 2.45) is 0 Å². The molecule has 0 saturated carbocycles. The summed E-state index contributed by atoms with van der Waals surface area (Å²) >= 11 is 0. The maximum Gasteiger partial charge on any atom is 0.242 e. The van der Waals surface area contributed by atoms with Crippen LogP contribution in [0.15, 0.2) is 71.6 Å². The van der Waals surface area contributed by atoms with Gasteiger partial charge in [-0.05, 0) is 60.2 Å². The number of benzene rings is 3. The van der Waals surface area contributed by atoms with Crippen LogP contribution in [0.1, 0.15) is 36.1 Å². The van der Waals surface area contributed by atoms with Gasteiger partial charge in [0.05, 0.1) is 17.0 Å². The summed E-state index contributed by atoms with van der Waals surface area (Å²) in [7, 11) is -3.99. The second kappa shape index (κ2) is 11.3. The Bertz CT molecular complexity index is 1410. The molecule has 3 aromatic carbocycles.